The molecule has 0 aliphatic rings. The first-order valence-electron chi connectivity index (χ1n) is 13.3. The molecule has 0 spiro atoms. The van der Waals surface area contributed by atoms with Gasteiger partial charge in [-0.25, -0.2) is 24.3 Å². The second kappa shape index (κ2) is 14.7. The molecule has 2 nitrogen and oxygen atoms in total. The summed E-state index contributed by atoms with van der Waals surface area (Å²) in [6, 6.07) is 33.8. The number of hydrogen-bond acceptors (Lipinski definition) is 2. The van der Waals surface area contributed by atoms with Crippen LogP contribution in [0, 0.1) is 0 Å². The predicted octanol–water partition coefficient (Wildman–Crippen LogP) is 8.72. The van der Waals surface area contributed by atoms with E-state index in [1.165, 1.54) is 21.5 Å². The quantitative estimate of drug-likeness (QED) is 0.120. The van der Waals surface area contributed by atoms with E-state index in [1.54, 1.807) is 14.2 Å². The molecule has 210 valence electrons. The van der Waals surface area contributed by atoms with Crippen LogP contribution >= 0.6 is 15.8 Å². The SMILES string of the molecule is COc1ccccc1P(c1ccccc1OC)[c-]1cccc1[C@H](C)P(C(C)(C)C)C(C)(C)C.[Fe+2].c1cc[cH-]c1. The Kier molecular flexibility index (Phi) is 12.5. The third kappa shape index (κ3) is 8.31. The van der Waals surface area contributed by atoms with E-state index in [0.717, 1.165) is 11.5 Å². The van der Waals surface area contributed by atoms with E-state index in [4.69, 9.17) is 9.47 Å². The van der Waals surface area contributed by atoms with Crippen molar-refractivity contribution in [2.24, 2.45) is 0 Å². The molecule has 0 unspecified atom stereocenters. The standard InChI is InChI=1S/C29H39O2P2.C5H5.Fe/c1-21(33(28(2,3)4)29(5,6)7)22-15-14-20-25(22)32(26-18-12-10-16-23(26)30-8)27-19-13-11-17-24(27)31-9;1-2-4-5-3-1;/h10-21H,1-9H3;1-5H;/q2*-1;+2/t21-;;/m0../s1. The van der Waals surface area contributed by atoms with Gasteiger partial charge in [0.15, 0.2) is 0 Å². The average molecular weight is 603 g/mol. The van der Waals surface area contributed by atoms with Crippen molar-refractivity contribution in [3.05, 3.63) is 103 Å². The number of hydrogen-bond donors (Lipinski definition) is 0. The summed E-state index contributed by atoms with van der Waals surface area (Å²) < 4.78 is 11.7. The molecule has 0 saturated heterocycles. The minimum absolute atomic E-state index is 0. The third-order valence-corrected chi connectivity index (χ3v) is 13.1. The van der Waals surface area contributed by atoms with Gasteiger partial charge in [0.25, 0.3) is 0 Å². The summed E-state index contributed by atoms with van der Waals surface area (Å²) in [7, 11) is 2.37. The van der Waals surface area contributed by atoms with Gasteiger partial charge in [-0.15, -0.1) is 5.30 Å². The van der Waals surface area contributed by atoms with Gasteiger partial charge in [-0.1, -0.05) is 101 Å². The molecular formula is C34H44FeO2P2. The average Bonchev–Trinajstić information content (AvgIpc) is 3.59. The first-order chi connectivity index (χ1) is 18.0. The third-order valence-electron chi connectivity index (χ3n) is 6.56. The topological polar surface area (TPSA) is 18.5 Å². The van der Waals surface area contributed by atoms with Gasteiger partial charge in [-0.2, -0.15) is 29.8 Å². The minimum Gasteiger partial charge on any atom is -0.496 e. The first-order valence-corrected chi connectivity index (χ1v) is 16.0. The first kappa shape index (κ1) is 33.3. The van der Waals surface area contributed by atoms with E-state index in [1.807, 2.05) is 42.5 Å². The van der Waals surface area contributed by atoms with Gasteiger partial charge < -0.3 is 9.47 Å². The van der Waals surface area contributed by atoms with Crippen molar-refractivity contribution in [2.75, 3.05) is 14.2 Å². The molecule has 0 heterocycles. The van der Waals surface area contributed by atoms with Crippen molar-refractivity contribution in [2.45, 2.75) is 64.4 Å². The molecule has 4 aromatic carbocycles. The zero-order valence-corrected chi connectivity index (χ0v) is 27.8. The molecular weight excluding hydrogens is 558 g/mol. The van der Waals surface area contributed by atoms with Gasteiger partial charge in [0.2, 0.25) is 0 Å². The molecule has 0 amide bonds. The Balaban J connectivity index is 0.000000797. The Morgan fingerprint density at radius 3 is 1.54 bits per heavy atom. The molecule has 1 atom stereocenters. The largest absolute Gasteiger partial charge is 2.00 e. The van der Waals surface area contributed by atoms with Crippen molar-refractivity contribution in [3.63, 3.8) is 0 Å². The van der Waals surface area contributed by atoms with Crippen LogP contribution in [-0.4, -0.2) is 24.5 Å². The maximum atomic E-state index is 5.86. The maximum absolute atomic E-state index is 5.86. The molecule has 4 aromatic rings. The second-order valence-corrected chi connectivity index (χ2v) is 17.7. The Morgan fingerprint density at radius 1 is 0.692 bits per heavy atom. The van der Waals surface area contributed by atoms with Crippen LogP contribution in [0.3, 0.4) is 0 Å². The van der Waals surface area contributed by atoms with Crippen LogP contribution in [0.2, 0.25) is 0 Å². The van der Waals surface area contributed by atoms with Crippen molar-refractivity contribution < 1.29 is 26.5 Å². The molecule has 0 aliphatic heterocycles. The molecule has 0 aliphatic carbocycles. The molecule has 39 heavy (non-hydrogen) atoms. The van der Waals surface area contributed by atoms with E-state index in [0.29, 0.717) is 5.66 Å². The summed E-state index contributed by atoms with van der Waals surface area (Å²) >= 11 is 0. The number of ether oxygens (including phenoxy) is 2. The second-order valence-electron chi connectivity index (χ2n) is 11.4. The molecule has 0 bridgehead atoms. The van der Waals surface area contributed by atoms with E-state index < -0.39 is 7.92 Å². The fraction of sp³-hybridized carbons (Fsp3) is 0.353. The van der Waals surface area contributed by atoms with E-state index in [2.05, 4.69) is 103 Å². The van der Waals surface area contributed by atoms with E-state index in [-0.39, 0.29) is 35.3 Å². The Labute approximate surface area is 250 Å². The summed E-state index contributed by atoms with van der Waals surface area (Å²) in [5, 5.41) is 4.37. The maximum Gasteiger partial charge on any atom is 2.00 e. The van der Waals surface area contributed by atoms with Crippen molar-refractivity contribution in [1.29, 1.82) is 0 Å². The van der Waals surface area contributed by atoms with Gasteiger partial charge in [-0.3, -0.25) is 0 Å². The summed E-state index contributed by atoms with van der Waals surface area (Å²) in [4.78, 5) is 0. The van der Waals surface area contributed by atoms with Crippen LogP contribution in [0.1, 0.15) is 59.7 Å². The summed E-state index contributed by atoms with van der Waals surface area (Å²) in [5.74, 6) is 1.87. The summed E-state index contributed by atoms with van der Waals surface area (Å²) in [5.41, 5.74) is 1.94. The fourth-order valence-electron chi connectivity index (χ4n) is 5.63. The monoisotopic (exact) mass is 602 g/mol. The van der Waals surface area contributed by atoms with Crippen LogP contribution in [0.25, 0.3) is 0 Å². The Morgan fingerprint density at radius 2 is 1.15 bits per heavy atom. The molecule has 0 N–H and O–H groups in total. The number of methoxy groups -OCH3 is 2. The zero-order valence-electron chi connectivity index (χ0n) is 24.9. The van der Waals surface area contributed by atoms with Crippen LogP contribution in [-0.2, 0) is 17.1 Å². The minimum atomic E-state index is -0.852. The van der Waals surface area contributed by atoms with Gasteiger partial charge >= 0.3 is 17.1 Å². The van der Waals surface area contributed by atoms with Crippen LogP contribution < -0.4 is 25.4 Å². The van der Waals surface area contributed by atoms with Crippen molar-refractivity contribution >= 4 is 31.8 Å². The van der Waals surface area contributed by atoms with Crippen molar-refractivity contribution in [1.82, 2.24) is 0 Å². The summed E-state index contributed by atoms with van der Waals surface area (Å²) in [6.45, 7) is 16.9. The number of benzene rings is 2. The molecule has 0 radical (unpaired) electrons. The van der Waals surface area contributed by atoms with E-state index >= 15 is 0 Å². The predicted molar refractivity (Wildman–Crippen MR) is 171 cm³/mol. The smallest absolute Gasteiger partial charge is 0.496 e. The van der Waals surface area contributed by atoms with Gasteiger partial charge in [-0.05, 0) is 28.1 Å². The molecule has 5 heteroatoms. The van der Waals surface area contributed by atoms with Crippen LogP contribution in [0.15, 0.2) is 97.1 Å². The number of rotatable bonds is 7. The molecule has 4 rings (SSSR count). The zero-order chi connectivity index (χ0) is 27.9. The normalized spacial score (nSPS) is 12.4. The number of para-hydroxylation sites is 2. The van der Waals surface area contributed by atoms with Gasteiger partial charge in [0, 0.05) is 10.6 Å². The Bertz CT molecular complexity index is 1170. The Hall–Kier alpha value is -1.88. The van der Waals surface area contributed by atoms with E-state index in [9.17, 15) is 0 Å². The molecule has 0 fully saturated rings. The van der Waals surface area contributed by atoms with Crippen molar-refractivity contribution in [3.8, 4) is 11.5 Å². The van der Waals surface area contributed by atoms with Gasteiger partial charge in [0.05, 0.1) is 14.2 Å². The summed E-state index contributed by atoms with van der Waals surface area (Å²) in [6.07, 6.45) is 0. The van der Waals surface area contributed by atoms with Crippen LogP contribution in [0.4, 0.5) is 0 Å². The molecule has 0 aromatic heterocycles. The van der Waals surface area contributed by atoms with Gasteiger partial charge in [0.1, 0.15) is 11.5 Å². The van der Waals surface area contributed by atoms with Crippen LogP contribution in [0.5, 0.6) is 11.5 Å². The molecule has 0 saturated carbocycles. The fourth-order valence-corrected chi connectivity index (χ4v) is 13.4.